The second-order valence-electron chi connectivity index (χ2n) is 7.91. The number of hydrogen-bond donors (Lipinski definition) is 2. The third-order valence-corrected chi connectivity index (χ3v) is 5.85. The summed E-state index contributed by atoms with van der Waals surface area (Å²) in [6, 6.07) is 22.1. The molecule has 3 aromatic rings. The van der Waals surface area contributed by atoms with Crippen LogP contribution < -0.4 is 10.1 Å². The van der Waals surface area contributed by atoms with Gasteiger partial charge >= 0.3 is 5.97 Å². The molecule has 0 fully saturated rings. The van der Waals surface area contributed by atoms with Crippen LogP contribution in [0, 0.1) is 11.3 Å². The fourth-order valence-electron chi connectivity index (χ4n) is 4.21. The number of rotatable bonds is 6. The van der Waals surface area contributed by atoms with Crippen LogP contribution in [-0.4, -0.2) is 29.6 Å². The molecule has 0 aliphatic heterocycles. The molecule has 1 amide bonds. The third kappa shape index (κ3) is 3.93. The highest BCUT2D eigenvalue weighted by Gasteiger charge is 2.45. The minimum atomic E-state index is -1.38. The van der Waals surface area contributed by atoms with E-state index in [1.807, 2.05) is 48.5 Å². The molecule has 0 radical (unpaired) electrons. The highest BCUT2D eigenvalue weighted by molar-refractivity contribution is 5.99. The van der Waals surface area contributed by atoms with Crippen molar-refractivity contribution in [2.75, 3.05) is 7.11 Å². The highest BCUT2D eigenvalue weighted by atomic mass is 16.5. The smallest absolute Gasteiger partial charge is 0.330 e. The summed E-state index contributed by atoms with van der Waals surface area (Å²) < 4.78 is 5.48. The van der Waals surface area contributed by atoms with Crippen LogP contribution in [0.4, 0.5) is 0 Å². The van der Waals surface area contributed by atoms with Crippen molar-refractivity contribution in [3.63, 3.8) is 0 Å². The maximum Gasteiger partial charge on any atom is 0.330 e. The van der Waals surface area contributed by atoms with Crippen LogP contribution in [0.1, 0.15) is 27.0 Å². The van der Waals surface area contributed by atoms with E-state index >= 15 is 0 Å². The number of nitriles is 1. The molecule has 0 saturated heterocycles. The topological polar surface area (TPSA) is 99.4 Å². The summed E-state index contributed by atoms with van der Waals surface area (Å²) >= 11 is 0. The lowest BCUT2D eigenvalue weighted by Gasteiger charge is -2.25. The van der Waals surface area contributed by atoms with Gasteiger partial charge < -0.3 is 15.2 Å². The predicted molar refractivity (Wildman–Crippen MR) is 119 cm³/mol. The quantitative estimate of drug-likeness (QED) is 0.625. The van der Waals surface area contributed by atoms with Gasteiger partial charge in [0, 0.05) is 24.0 Å². The Balaban J connectivity index is 1.66. The summed E-state index contributed by atoms with van der Waals surface area (Å²) in [6.45, 7) is 0. The van der Waals surface area contributed by atoms with E-state index in [-0.39, 0.29) is 19.3 Å². The van der Waals surface area contributed by atoms with Crippen LogP contribution in [0.25, 0.3) is 11.1 Å². The van der Waals surface area contributed by atoms with Gasteiger partial charge in [-0.2, -0.15) is 5.26 Å². The molecule has 0 saturated carbocycles. The number of amides is 1. The van der Waals surface area contributed by atoms with Gasteiger partial charge in [0.05, 0.1) is 19.6 Å². The zero-order valence-electron chi connectivity index (χ0n) is 17.6. The maximum absolute atomic E-state index is 13.2. The molecule has 1 aliphatic rings. The second-order valence-corrected chi connectivity index (χ2v) is 7.91. The summed E-state index contributed by atoms with van der Waals surface area (Å²) in [6.07, 6.45) is 0.755. The predicted octanol–water partition coefficient (Wildman–Crippen LogP) is 3.78. The van der Waals surface area contributed by atoms with Crippen molar-refractivity contribution < 1.29 is 19.4 Å². The number of nitrogens with zero attached hydrogens (tertiary/aromatic N) is 1. The molecule has 6 heteroatoms. The molecule has 0 heterocycles. The average Bonchev–Trinajstić information content (AvgIpc) is 3.18. The molecule has 0 aromatic heterocycles. The molecule has 0 bridgehead atoms. The zero-order valence-corrected chi connectivity index (χ0v) is 17.6. The van der Waals surface area contributed by atoms with Gasteiger partial charge in [-0.3, -0.25) is 4.79 Å². The molecular weight excluding hydrogens is 404 g/mol. The number of carbonyl (C=O) groups excluding carboxylic acids is 1. The van der Waals surface area contributed by atoms with Crippen molar-refractivity contribution >= 4 is 11.9 Å². The Morgan fingerprint density at radius 2 is 1.78 bits per heavy atom. The second kappa shape index (κ2) is 8.56. The Kier molecular flexibility index (Phi) is 5.65. The molecule has 0 unspecified atom stereocenters. The number of nitrogens with one attached hydrogen (secondary N) is 1. The average molecular weight is 426 g/mol. The van der Waals surface area contributed by atoms with Gasteiger partial charge in [0.2, 0.25) is 0 Å². The van der Waals surface area contributed by atoms with Crippen molar-refractivity contribution in [3.8, 4) is 22.9 Å². The first kappa shape index (κ1) is 21.1. The summed E-state index contributed by atoms with van der Waals surface area (Å²) in [4.78, 5) is 25.3. The number of carboxylic acid groups (broad SMARTS) is 1. The largest absolute Gasteiger partial charge is 0.496 e. The Labute approximate surface area is 186 Å². The highest BCUT2D eigenvalue weighted by Crippen LogP contribution is 2.33. The van der Waals surface area contributed by atoms with Gasteiger partial charge in [0.1, 0.15) is 11.3 Å². The van der Waals surface area contributed by atoms with Crippen LogP contribution in [0.2, 0.25) is 0 Å². The molecule has 1 aliphatic carbocycles. The van der Waals surface area contributed by atoms with Crippen molar-refractivity contribution in [2.24, 2.45) is 0 Å². The fraction of sp³-hybridized carbons (Fsp3) is 0.192. The van der Waals surface area contributed by atoms with E-state index in [2.05, 4.69) is 11.4 Å². The van der Waals surface area contributed by atoms with E-state index in [9.17, 15) is 14.7 Å². The van der Waals surface area contributed by atoms with E-state index < -0.39 is 17.4 Å². The van der Waals surface area contributed by atoms with Gasteiger partial charge in [-0.25, -0.2) is 4.79 Å². The van der Waals surface area contributed by atoms with E-state index in [1.165, 1.54) is 0 Å². The van der Waals surface area contributed by atoms with Gasteiger partial charge in [0.25, 0.3) is 5.91 Å². The van der Waals surface area contributed by atoms with Crippen molar-refractivity contribution in [1.29, 1.82) is 5.26 Å². The summed E-state index contributed by atoms with van der Waals surface area (Å²) in [5, 5.41) is 21.7. The zero-order chi connectivity index (χ0) is 22.7. The third-order valence-electron chi connectivity index (χ3n) is 5.85. The molecule has 4 rings (SSSR count). The van der Waals surface area contributed by atoms with Crippen LogP contribution >= 0.6 is 0 Å². The van der Waals surface area contributed by atoms with E-state index in [1.54, 1.807) is 25.3 Å². The van der Waals surface area contributed by atoms with E-state index in [4.69, 9.17) is 10.00 Å². The Morgan fingerprint density at radius 3 is 2.41 bits per heavy atom. The summed E-state index contributed by atoms with van der Waals surface area (Å²) in [5.41, 5.74) is 3.18. The number of ether oxygens (including phenoxy) is 1. The molecule has 3 aromatic carbocycles. The maximum atomic E-state index is 13.2. The van der Waals surface area contributed by atoms with E-state index in [0.717, 1.165) is 22.3 Å². The summed E-state index contributed by atoms with van der Waals surface area (Å²) in [7, 11) is 1.55. The molecule has 0 spiro atoms. The lowest BCUT2D eigenvalue weighted by molar-refractivity contribution is -0.144. The normalized spacial score (nSPS) is 13.6. The Hall–Kier alpha value is -4.11. The Morgan fingerprint density at radius 1 is 1.06 bits per heavy atom. The molecule has 2 N–H and O–H groups in total. The number of carbonyl (C=O) groups is 2. The van der Waals surface area contributed by atoms with Crippen LogP contribution in [-0.2, 0) is 24.1 Å². The van der Waals surface area contributed by atoms with Crippen LogP contribution in [0.15, 0.2) is 66.7 Å². The first-order chi connectivity index (χ1) is 15.5. The molecule has 32 heavy (non-hydrogen) atoms. The van der Waals surface area contributed by atoms with Gasteiger partial charge in [-0.15, -0.1) is 0 Å². The minimum absolute atomic E-state index is 0.240. The van der Waals surface area contributed by atoms with Gasteiger partial charge in [-0.05, 0) is 46.5 Å². The van der Waals surface area contributed by atoms with Crippen LogP contribution in [0.5, 0.6) is 5.75 Å². The number of fused-ring (bicyclic) bond motifs is 1. The molecule has 0 atom stereocenters. The summed E-state index contributed by atoms with van der Waals surface area (Å²) in [5.74, 6) is -0.936. The van der Waals surface area contributed by atoms with E-state index in [0.29, 0.717) is 16.9 Å². The van der Waals surface area contributed by atoms with Crippen molar-refractivity contribution in [1.82, 2.24) is 5.32 Å². The first-order valence-electron chi connectivity index (χ1n) is 10.2. The standard InChI is InChI=1S/C26H22N2O4/c1-32-23-10-9-19(14-22(23)18-8-4-5-17(13-18)11-12-27)24(29)28-26(25(30)31)15-20-6-2-3-7-21(20)16-26/h2-10,13-14H,11,15-16H2,1H3,(H,28,29)(H,30,31). The number of aliphatic carboxylic acids is 1. The lowest BCUT2D eigenvalue weighted by Crippen LogP contribution is -2.55. The van der Waals surface area contributed by atoms with Crippen molar-refractivity contribution in [3.05, 3.63) is 89.0 Å². The number of benzene rings is 3. The lowest BCUT2D eigenvalue weighted by atomic mass is 9.94. The van der Waals surface area contributed by atoms with Gasteiger partial charge in [-0.1, -0.05) is 42.5 Å². The Bertz CT molecular complexity index is 1220. The fourth-order valence-corrected chi connectivity index (χ4v) is 4.21. The number of hydrogen-bond acceptors (Lipinski definition) is 4. The molecular formula is C26H22N2O4. The number of carboxylic acids is 1. The SMILES string of the molecule is COc1ccc(C(=O)NC2(C(=O)O)Cc3ccccc3C2)cc1-c1cccc(CC#N)c1. The number of methoxy groups -OCH3 is 1. The molecule has 6 nitrogen and oxygen atoms in total. The van der Waals surface area contributed by atoms with Crippen LogP contribution in [0.3, 0.4) is 0 Å². The van der Waals surface area contributed by atoms with Gasteiger partial charge in [0.15, 0.2) is 0 Å². The first-order valence-corrected chi connectivity index (χ1v) is 10.2. The monoisotopic (exact) mass is 426 g/mol. The minimum Gasteiger partial charge on any atom is -0.496 e. The van der Waals surface area contributed by atoms with Crippen molar-refractivity contribution in [2.45, 2.75) is 24.8 Å². The molecule has 160 valence electrons.